The molecule has 0 atom stereocenters. The van der Waals surface area contributed by atoms with Crippen molar-refractivity contribution in [2.75, 3.05) is 0 Å². The highest BCUT2D eigenvalue weighted by Crippen LogP contribution is 2.45. The van der Waals surface area contributed by atoms with Crippen LogP contribution in [0.3, 0.4) is 0 Å². The van der Waals surface area contributed by atoms with Gasteiger partial charge in [0.25, 0.3) is 0 Å². The van der Waals surface area contributed by atoms with E-state index >= 15 is 8.78 Å². The molecule has 0 spiro atoms. The van der Waals surface area contributed by atoms with Gasteiger partial charge in [0.05, 0.1) is 56.5 Å². The van der Waals surface area contributed by atoms with Crippen LogP contribution in [0.4, 0.5) is 8.78 Å². The van der Waals surface area contributed by atoms with Gasteiger partial charge in [0, 0.05) is 67.8 Å². The summed E-state index contributed by atoms with van der Waals surface area (Å²) in [5, 5.41) is 14.8. The Hall–Kier alpha value is -8.99. The number of nitriles is 1. The molecule has 0 aliphatic rings. The number of hydrogen-bond acceptors (Lipinski definition) is 3. The minimum atomic E-state index is -0.707. The van der Waals surface area contributed by atoms with Crippen molar-refractivity contribution in [3.63, 3.8) is 0 Å². The highest BCUT2D eigenvalue weighted by atomic mass is 19.1. The van der Waals surface area contributed by atoms with Crippen molar-refractivity contribution in [2.45, 2.75) is 0 Å². The fraction of sp³-hybridized carbons (Fsp3) is 0. The Morgan fingerprint density at radius 3 is 1.29 bits per heavy atom. The molecule has 0 amide bonds. The van der Waals surface area contributed by atoms with E-state index in [9.17, 15) is 5.26 Å². The maximum atomic E-state index is 15.6. The number of hydrogen-bond donors (Lipinski definition) is 0. The van der Waals surface area contributed by atoms with Crippen LogP contribution in [0.5, 0.6) is 0 Å². The van der Waals surface area contributed by atoms with Gasteiger partial charge in [-0.05, 0) is 89.5 Å². The molecule has 0 bridgehead atoms. The molecule has 12 aromatic rings. The zero-order valence-electron chi connectivity index (χ0n) is 35.2. The smallest absolute Gasteiger partial charge is 0.126 e. The molecule has 0 aliphatic heterocycles. The van der Waals surface area contributed by atoms with Crippen molar-refractivity contribution < 1.29 is 8.78 Å². The van der Waals surface area contributed by atoms with E-state index in [0.717, 1.165) is 94.4 Å². The van der Waals surface area contributed by atoms with E-state index in [1.165, 1.54) is 12.1 Å². The normalized spacial score (nSPS) is 11.5. The molecule has 0 unspecified atom stereocenters. The predicted molar refractivity (Wildman–Crippen MR) is 263 cm³/mol. The topological polar surface area (TPSA) is 59.4 Å². The highest BCUT2D eigenvalue weighted by Gasteiger charge is 2.25. The van der Waals surface area contributed by atoms with Crippen LogP contribution in [0.1, 0.15) is 5.56 Å². The van der Waals surface area contributed by atoms with E-state index < -0.39 is 11.6 Å². The molecule has 310 valence electrons. The molecule has 5 nitrogen and oxygen atoms in total. The fourth-order valence-corrected chi connectivity index (χ4v) is 9.75. The van der Waals surface area contributed by atoms with E-state index in [-0.39, 0.29) is 0 Å². The summed E-state index contributed by atoms with van der Waals surface area (Å²) in [5.74, 6) is -1.41. The van der Waals surface area contributed by atoms with Crippen LogP contribution in [0.15, 0.2) is 213 Å². The first-order chi connectivity index (χ1) is 32.5. The zero-order chi connectivity index (χ0) is 44.3. The zero-order valence-corrected chi connectivity index (χ0v) is 35.2. The van der Waals surface area contributed by atoms with E-state index in [1.807, 2.05) is 109 Å². The Bertz CT molecular complexity index is 3680. The molecular formula is C59H35F2N5. The maximum Gasteiger partial charge on any atom is 0.126 e. The monoisotopic (exact) mass is 851 g/mol. The Labute approximate surface area is 378 Å². The number of nitrogens with zero attached hydrogens (tertiary/aromatic N) is 5. The molecule has 8 aromatic carbocycles. The number of aromatic nitrogens is 4. The second kappa shape index (κ2) is 15.7. The summed E-state index contributed by atoms with van der Waals surface area (Å²) in [7, 11) is 0. The third-order valence-electron chi connectivity index (χ3n) is 12.5. The van der Waals surface area contributed by atoms with Gasteiger partial charge in [-0.2, -0.15) is 5.26 Å². The van der Waals surface area contributed by atoms with Gasteiger partial charge < -0.3 is 9.13 Å². The van der Waals surface area contributed by atoms with Gasteiger partial charge in [-0.15, -0.1) is 0 Å². The number of para-hydroxylation sites is 2. The summed E-state index contributed by atoms with van der Waals surface area (Å²) >= 11 is 0. The minimum absolute atomic E-state index is 0.331. The van der Waals surface area contributed by atoms with Gasteiger partial charge in [-0.25, -0.2) is 8.78 Å². The standard InChI is InChI=1S/C59H35F2N5/c60-43-31-42(32-44(61)35-43)57-55(65-51-21-9-7-17-47(51)49-33-40(23-25-53(49)65)45-19-11-27-63-58(45)38-13-3-1-4-14-38)29-37(36-62)30-56(57)66-52-22-10-8-18-48(52)50-34-41(24-26-54(50)66)46-20-12-28-64-59(46)39-15-5-2-6-16-39/h1-35H. The van der Waals surface area contributed by atoms with Gasteiger partial charge in [-0.1, -0.05) is 121 Å². The lowest BCUT2D eigenvalue weighted by Crippen LogP contribution is -2.05. The van der Waals surface area contributed by atoms with Crippen LogP contribution in [-0.2, 0) is 0 Å². The van der Waals surface area contributed by atoms with Crippen LogP contribution in [0, 0.1) is 23.0 Å². The molecule has 0 radical (unpaired) electrons. The van der Waals surface area contributed by atoms with Crippen LogP contribution in [0.25, 0.3) is 111 Å². The summed E-state index contributed by atoms with van der Waals surface area (Å²) in [6, 6.07) is 67.1. The first kappa shape index (κ1) is 38.7. The molecular weight excluding hydrogens is 817 g/mol. The van der Waals surface area contributed by atoms with Crippen LogP contribution in [0.2, 0.25) is 0 Å². The third kappa shape index (κ3) is 6.35. The molecule has 12 rings (SSSR count). The van der Waals surface area contributed by atoms with E-state index in [4.69, 9.17) is 9.97 Å². The van der Waals surface area contributed by atoms with Gasteiger partial charge in [-0.3, -0.25) is 9.97 Å². The molecule has 0 saturated carbocycles. The van der Waals surface area contributed by atoms with Crippen LogP contribution < -0.4 is 0 Å². The summed E-state index contributed by atoms with van der Waals surface area (Å²) in [5.41, 5.74) is 13.7. The first-order valence-corrected chi connectivity index (χ1v) is 21.7. The average molecular weight is 852 g/mol. The van der Waals surface area contributed by atoms with Crippen molar-refractivity contribution in [3.8, 4) is 73.3 Å². The number of benzene rings is 8. The Kier molecular flexibility index (Phi) is 9.18. The van der Waals surface area contributed by atoms with Gasteiger partial charge in [0.15, 0.2) is 0 Å². The summed E-state index contributed by atoms with van der Waals surface area (Å²) in [6.45, 7) is 0. The number of pyridine rings is 2. The SMILES string of the molecule is N#Cc1cc(-n2c3ccccc3c3cc(-c4cccnc4-c4ccccc4)ccc32)c(-c2cc(F)cc(F)c2)c(-n2c3ccccc3c3cc(-c4cccnc4-c4ccccc4)ccc32)c1. The summed E-state index contributed by atoms with van der Waals surface area (Å²) in [6.07, 6.45) is 3.62. The van der Waals surface area contributed by atoms with Gasteiger partial charge in [0.1, 0.15) is 11.6 Å². The lowest BCUT2D eigenvalue weighted by molar-refractivity contribution is 0.584. The second-order valence-corrected chi connectivity index (χ2v) is 16.4. The molecule has 0 fully saturated rings. The first-order valence-electron chi connectivity index (χ1n) is 21.7. The minimum Gasteiger partial charge on any atom is -0.308 e. The number of fused-ring (bicyclic) bond motifs is 6. The Balaban J connectivity index is 1.14. The van der Waals surface area contributed by atoms with Gasteiger partial charge in [0.2, 0.25) is 0 Å². The molecule has 0 aliphatic carbocycles. The summed E-state index contributed by atoms with van der Waals surface area (Å²) < 4.78 is 35.5. The fourth-order valence-electron chi connectivity index (χ4n) is 9.75. The van der Waals surface area contributed by atoms with Crippen LogP contribution in [-0.4, -0.2) is 19.1 Å². The van der Waals surface area contributed by atoms with Crippen molar-refractivity contribution in [1.29, 1.82) is 5.26 Å². The number of halogens is 2. The van der Waals surface area contributed by atoms with E-state index in [2.05, 4.69) is 100 Å². The maximum absolute atomic E-state index is 15.6. The quantitative estimate of drug-likeness (QED) is 0.160. The third-order valence-corrected chi connectivity index (χ3v) is 12.5. The highest BCUT2D eigenvalue weighted by molar-refractivity contribution is 6.13. The second-order valence-electron chi connectivity index (χ2n) is 16.4. The molecule has 0 N–H and O–H groups in total. The van der Waals surface area contributed by atoms with Gasteiger partial charge >= 0.3 is 0 Å². The van der Waals surface area contributed by atoms with E-state index in [0.29, 0.717) is 28.1 Å². The predicted octanol–water partition coefficient (Wildman–Crippen LogP) is 15.2. The van der Waals surface area contributed by atoms with Crippen molar-refractivity contribution in [1.82, 2.24) is 19.1 Å². The molecule has 4 aromatic heterocycles. The van der Waals surface area contributed by atoms with Crippen LogP contribution >= 0.6 is 0 Å². The Morgan fingerprint density at radius 2 is 0.818 bits per heavy atom. The molecule has 0 saturated heterocycles. The lowest BCUT2D eigenvalue weighted by Gasteiger charge is -2.21. The van der Waals surface area contributed by atoms with Crippen molar-refractivity contribution in [2.24, 2.45) is 0 Å². The molecule has 4 heterocycles. The average Bonchev–Trinajstić information content (AvgIpc) is 3.88. The lowest BCUT2D eigenvalue weighted by atomic mass is 9.97. The van der Waals surface area contributed by atoms with Crippen molar-refractivity contribution >= 4 is 43.6 Å². The largest absolute Gasteiger partial charge is 0.308 e. The molecule has 7 heteroatoms. The van der Waals surface area contributed by atoms with Crippen molar-refractivity contribution in [3.05, 3.63) is 230 Å². The Morgan fingerprint density at radius 1 is 0.379 bits per heavy atom. The molecule has 66 heavy (non-hydrogen) atoms. The van der Waals surface area contributed by atoms with E-state index in [1.54, 1.807) is 0 Å². The number of rotatable bonds is 7. The summed E-state index contributed by atoms with van der Waals surface area (Å²) in [4.78, 5) is 9.62.